The maximum absolute atomic E-state index is 11.8. The van der Waals surface area contributed by atoms with Crippen LogP contribution in [0.15, 0.2) is 0 Å². The Kier molecular flexibility index (Phi) is 3.81. The molecule has 2 aliphatic heterocycles. The molecule has 4 aliphatic rings. The van der Waals surface area contributed by atoms with Gasteiger partial charge in [0, 0.05) is 0 Å². The Bertz CT molecular complexity index is 401. The van der Waals surface area contributed by atoms with Crippen molar-refractivity contribution in [1.82, 2.24) is 0 Å². The fraction of sp³-hybridized carbons (Fsp3) is 0.941. The molecule has 2 saturated carbocycles. The molecule has 0 aromatic carbocycles. The van der Waals surface area contributed by atoms with Gasteiger partial charge in [0.15, 0.2) is 0 Å². The molecule has 0 N–H and O–H groups in total. The number of carbonyl (C=O) groups excluding carboxylic acids is 1. The van der Waals surface area contributed by atoms with Crippen molar-refractivity contribution in [3.63, 3.8) is 0 Å². The molecule has 2 saturated heterocycles. The molecule has 8 atom stereocenters. The van der Waals surface area contributed by atoms with E-state index in [2.05, 4.69) is 13.8 Å². The summed E-state index contributed by atoms with van der Waals surface area (Å²) >= 11 is 0. The van der Waals surface area contributed by atoms with Crippen molar-refractivity contribution in [2.45, 2.75) is 63.9 Å². The third kappa shape index (κ3) is 3.11. The summed E-state index contributed by atoms with van der Waals surface area (Å²) < 4.78 is 21.8. The molecule has 5 heteroatoms. The van der Waals surface area contributed by atoms with Gasteiger partial charge >= 0.3 is 6.16 Å². The van der Waals surface area contributed by atoms with Gasteiger partial charge in [0.05, 0.1) is 37.6 Å². The lowest BCUT2D eigenvalue weighted by Crippen LogP contribution is -2.29. The molecule has 0 spiro atoms. The number of ether oxygens (including phenoxy) is 4. The number of hydrogen-bond acceptors (Lipinski definition) is 5. The van der Waals surface area contributed by atoms with E-state index < -0.39 is 6.16 Å². The average molecular weight is 310 g/mol. The van der Waals surface area contributed by atoms with Gasteiger partial charge in [-0.15, -0.1) is 0 Å². The molecular formula is C17H26O5. The average Bonchev–Trinajstić information content (AvgIpc) is 3.37. The molecule has 8 unspecified atom stereocenters. The second-order valence-corrected chi connectivity index (χ2v) is 7.72. The SMILES string of the molecule is CC1CC2OC2CC1COC(=O)OCC1CC2OC2CC1C. The van der Waals surface area contributed by atoms with Crippen LogP contribution >= 0.6 is 0 Å². The summed E-state index contributed by atoms with van der Waals surface area (Å²) in [6.07, 6.45) is 5.46. The zero-order valence-electron chi connectivity index (χ0n) is 13.4. The lowest BCUT2D eigenvalue weighted by Gasteiger charge is -2.27. The molecule has 5 nitrogen and oxygen atoms in total. The van der Waals surface area contributed by atoms with Crippen LogP contribution in [0.1, 0.15) is 39.5 Å². The molecule has 0 aromatic rings. The zero-order valence-corrected chi connectivity index (χ0v) is 13.4. The number of fused-ring (bicyclic) bond motifs is 2. The molecule has 2 heterocycles. The summed E-state index contributed by atoms with van der Waals surface area (Å²) in [6.45, 7) is 5.35. The van der Waals surface area contributed by atoms with E-state index >= 15 is 0 Å². The van der Waals surface area contributed by atoms with Crippen LogP contribution in [-0.4, -0.2) is 43.8 Å². The van der Waals surface area contributed by atoms with Crippen LogP contribution in [0.3, 0.4) is 0 Å². The molecular weight excluding hydrogens is 284 g/mol. The smallest absolute Gasteiger partial charge is 0.434 e. The molecule has 2 aliphatic carbocycles. The lowest BCUT2D eigenvalue weighted by atomic mass is 9.81. The first kappa shape index (κ1) is 14.8. The van der Waals surface area contributed by atoms with Gasteiger partial charge in [0.1, 0.15) is 0 Å². The minimum atomic E-state index is -0.517. The first-order chi connectivity index (χ1) is 10.6. The predicted octanol–water partition coefficient (Wildman–Crippen LogP) is 2.77. The lowest BCUT2D eigenvalue weighted by molar-refractivity contribution is 0.0173. The molecule has 0 radical (unpaired) electrons. The highest BCUT2D eigenvalue weighted by Crippen LogP contribution is 2.43. The highest BCUT2D eigenvalue weighted by atomic mass is 16.7. The van der Waals surface area contributed by atoms with Crippen molar-refractivity contribution in [3.05, 3.63) is 0 Å². The van der Waals surface area contributed by atoms with Crippen LogP contribution < -0.4 is 0 Å². The van der Waals surface area contributed by atoms with Crippen molar-refractivity contribution in [1.29, 1.82) is 0 Å². The van der Waals surface area contributed by atoms with E-state index in [4.69, 9.17) is 18.9 Å². The first-order valence-corrected chi connectivity index (χ1v) is 8.70. The molecule has 4 fully saturated rings. The quantitative estimate of drug-likeness (QED) is 0.590. The number of rotatable bonds is 4. The van der Waals surface area contributed by atoms with Crippen LogP contribution in [-0.2, 0) is 18.9 Å². The minimum absolute atomic E-state index is 0.408. The van der Waals surface area contributed by atoms with Crippen LogP contribution in [0.25, 0.3) is 0 Å². The third-order valence-electron chi connectivity index (χ3n) is 6.09. The van der Waals surface area contributed by atoms with E-state index in [0.29, 0.717) is 61.3 Å². The minimum Gasteiger partial charge on any atom is -0.434 e. The Morgan fingerprint density at radius 1 is 0.818 bits per heavy atom. The zero-order chi connectivity index (χ0) is 15.3. The molecule has 124 valence electrons. The predicted molar refractivity (Wildman–Crippen MR) is 78.4 cm³/mol. The Labute approximate surface area is 131 Å². The fourth-order valence-electron chi connectivity index (χ4n) is 4.22. The van der Waals surface area contributed by atoms with Gasteiger partial charge in [0.25, 0.3) is 0 Å². The topological polar surface area (TPSA) is 60.6 Å². The highest BCUT2D eigenvalue weighted by Gasteiger charge is 2.48. The highest BCUT2D eigenvalue weighted by molar-refractivity contribution is 5.59. The Hall–Kier alpha value is -0.810. The first-order valence-electron chi connectivity index (χ1n) is 8.70. The van der Waals surface area contributed by atoms with Crippen molar-refractivity contribution >= 4 is 6.16 Å². The van der Waals surface area contributed by atoms with E-state index in [9.17, 15) is 4.79 Å². The molecule has 0 bridgehead atoms. The Morgan fingerprint density at radius 2 is 1.23 bits per heavy atom. The van der Waals surface area contributed by atoms with Gasteiger partial charge in [0.2, 0.25) is 0 Å². The monoisotopic (exact) mass is 310 g/mol. The normalized spacial score (nSPS) is 48.8. The van der Waals surface area contributed by atoms with Gasteiger partial charge < -0.3 is 18.9 Å². The molecule has 22 heavy (non-hydrogen) atoms. The summed E-state index contributed by atoms with van der Waals surface area (Å²) in [6, 6.07) is 0. The van der Waals surface area contributed by atoms with Crippen molar-refractivity contribution in [2.75, 3.05) is 13.2 Å². The van der Waals surface area contributed by atoms with Crippen molar-refractivity contribution in [3.8, 4) is 0 Å². The fourth-order valence-corrected chi connectivity index (χ4v) is 4.22. The van der Waals surface area contributed by atoms with Crippen LogP contribution in [0.5, 0.6) is 0 Å². The van der Waals surface area contributed by atoms with Gasteiger partial charge in [-0.3, -0.25) is 0 Å². The van der Waals surface area contributed by atoms with Gasteiger partial charge in [-0.05, 0) is 49.4 Å². The molecule has 0 aromatic heterocycles. The van der Waals surface area contributed by atoms with Gasteiger partial charge in [-0.2, -0.15) is 0 Å². The largest absolute Gasteiger partial charge is 0.508 e. The number of epoxide rings is 2. The van der Waals surface area contributed by atoms with Crippen LogP contribution in [0.4, 0.5) is 4.79 Å². The molecule has 0 amide bonds. The maximum atomic E-state index is 11.8. The number of carbonyl (C=O) groups is 1. The molecule has 4 rings (SSSR count). The van der Waals surface area contributed by atoms with E-state index in [-0.39, 0.29) is 0 Å². The van der Waals surface area contributed by atoms with E-state index in [1.165, 1.54) is 0 Å². The number of hydrogen-bond donors (Lipinski definition) is 0. The van der Waals surface area contributed by atoms with Crippen LogP contribution in [0, 0.1) is 23.7 Å². The van der Waals surface area contributed by atoms with Gasteiger partial charge in [-0.1, -0.05) is 13.8 Å². The van der Waals surface area contributed by atoms with E-state index in [1.807, 2.05) is 0 Å². The standard InChI is InChI=1S/C17H26O5/c1-9-3-13-15(21-13)5-11(9)7-19-17(18)20-8-12-6-16-14(22-16)4-10(12)2/h9-16H,3-8H2,1-2H3. The van der Waals surface area contributed by atoms with Gasteiger partial charge in [-0.25, -0.2) is 4.79 Å². The summed E-state index contributed by atoms with van der Waals surface area (Å²) in [5.41, 5.74) is 0. The summed E-state index contributed by atoms with van der Waals surface area (Å²) in [5.74, 6) is 1.92. The second-order valence-electron chi connectivity index (χ2n) is 7.72. The maximum Gasteiger partial charge on any atom is 0.508 e. The summed E-state index contributed by atoms with van der Waals surface area (Å²) in [4.78, 5) is 11.8. The van der Waals surface area contributed by atoms with Crippen LogP contribution in [0.2, 0.25) is 0 Å². The van der Waals surface area contributed by atoms with E-state index in [1.54, 1.807) is 0 Å². The van der Waals surface area contributed by atoms with Crippen molar-refractivity contribution in [2.24, 2.45) is 23.7 Å². The second kappa shape index (κ2) is 5.68. The summed E-state index contributed by atoms with van der Waals surface area (Å²) in [7, 11) is 0. The Morgan fingerprint density at radius 3 is 1.68 bits per heavy atom. The van der Waals surface area contributed by atoms with E-state index in [0.717, 1.165) is 25.7 Å². The summed E-state index contributed by atoms with van der Waals surface area (Å²) in [5, 5.41) is 0. The third-order valence-corrected chi connectivity index (χ3v) is 6.09. The van der Waals surface area contributed by atoms with Crippen molar-refractivity contribution < 1.29 is 23.7 Å². The Balaban J connectivity index is 1.16.